The van der Waals surface area contributed by atoms with Crippen LogP contribution >= 0.6 is 11.6 Å². The zero-order chi connectivity index (χ0) is 17.9. The van der Waals surface area contributed by atoms with E-state index in [-0.39, 0.29) is 5.69 Å². The summed E-state index contributed by atoms with van der Waals surface area (Å²) in [5, 5.41) is 1.96. The molecule has 2 aromatic carbocycles. The number of ether oxygens (including phenoxy) is 1. The number of hydrogen-bond acceptors (Lipinski definition) is 2. The first-order valence-electron chi connectivity index (χ1n) is 7.08. The molecule has 0 aromatic heterocycles. The van der Waals surface area contributed by atoms with Gasteiger partial charge < -0.3 is 10.1 Å². The van der Waals surface area contributed by atoms with Crippen molar-refractivity contribution in [2.45, 2.75) is 26.1 Å². The van der Waals surface area contributed by atoms with Crippen LogP contribution in [0, 0.1) is 6.92 Å². The summed E-state index contributed by atoms with van der Waals surface area (Å²) in [6, 6.07) is 10.3. The maximum absolute atomic E-state index is 12.8. The molecule has 0 bridgehead atoms. The summed E-state index contributed by atoms with van der Waals surface area (Å²) >= 11 is 5.54. The van der Waals surface area contributed by atoms with E-state index in [1.54, 1.807) is 12.1 Å². The van der Waals surface area contributed by atoms with E-state index in [1.165, 1.54) is 13.0 Å². The first-order valence-corrected chi connectivity index (χ1v) is 7.45. The van der Waals surface area contributed by atoms with Crippen LogP contribution < -0.4 is 10.1 Å². The van der Waals surface area contributed by atoms with Gasteiger partial charge in [-0.05, 0) is 44.2 Å². The van der Waals surface area contributed by atoms with Gasteiger partial charge in [-0.15, -0.1) is 0 Å². The van der Waals surface area contributed by atoms with Gasteiger partial charge in [-0.25, -0.2) is 0 Å². The Hall–Kier alpha value is -2.21. The Morgan fingerprint density at radius 2 is 1.79 bits per heavy atom. The van der Waals surface area contributed by atoms with Gasteiger partial charge in [-0.3, -0.25) is 4.79 Å². The average Bonchev–Trinajstić information content (AvgIpc) is 2.50. The standard InChI is InChI=1S/C17H15ClF3NO2/c1-10-3-6-13(7-4-10)24-11(2)16(23)22-12-5-8-15(18)14(9-12)17(19,20)21/h3-9,11H,1-2H3,(H,22,23). The Morgan fingerprint density at radius 1 is 1.17 bits per heavy atom. The molecule has 0 radical (unpaired) electrons. The smallest absolute Gasteiger partial charge is 0.417 e. The number of amides is 1. The molecular formula is C17H15ClF3NO2. The third-order valence-corrected chi connectivity index (χ3v) is 3.57. The molecule has 0 heterocycles. The number of alkyl halides is 3. The molecular weight excluding hydrogens is 343 g/mol. The first kappa shape index (κ1) is 18.1. The van der Waals surface area contributed by atoms with Crippen LogP contribution in [0.15, 0.2) is 42.5 Å². The highest BCUT2D eigenvalue weighted by Crippen LogP contribution is 2.36. The minimum absolute atomic E-state index is 0.00363. The number of anilines is 1. The van der Waals surface area contributed by atoms with E-state index >= 15 is 0 Å². The van der Waals surface area contributed by atoms with Crippen LogP contribution in [-0.2, 0) is 11.0 Å². The molecule has 0 aliphatic rings. The molecule has 1 amide bonds. The molecule has 3 nitrogen and oxygen atoms in total. The van der Waals surface area contributed by atoms with Crippen molar-refractivity contribution in [3.8, 4) is 5.75 Å². The molecule has 0 saturated heterocycles. The Labute approximate surface area is 142 Å². The predicted molar refractivity (Wildman–Crippen MR) is 86.4 cm³/mol. The molecule has 0 spiro atoms. The second-order valence-corrected chi connectivity index (χ2v) is 5.66. The SMILES string of the molecule is Cc1ccc(OC(C)C(=O)Nc2ccc(Cl)c(C(F)(F)F)c2)cc1. The van der Waals surface area contributed by atoms with Gasteiger partial charge in [-0.2, -0.15) is 13.2 Å². The summed E-state index contributed by atoms with van der Waals surface area (Å²) in [6.07, 6.45) is -5.47. The lowest BCUT2D eigenvalue weighted by atomic mass is 10.2. The normalized spacial score (nSPS) is 12.6. The van der Waals surface area contributed by atoms with Crippen LogP contribution in [-0.4, -0.2) is 12.0 Å². The Kier molecular flexibility index (Phi) is 5.39. The summed E-state index contributed by atoms with van der Waals surface area (Å²) in [6.45, 7) is 3.43. The van der Waals surface area contributed by atoms with E-state index < -0.39 is 28.8 Å². The molecule has 2 rings (SSSR count). The van der Waals surface area contributed by atoms with Crippen molar-refractivity contribution in [2.24, 2.45) is 0 Å². The largest absolute Gasteiger partial charge is 0.481 e. The predicted octanol–water partition coefficient (Wildman–Crippen LogP) is 5.07. The Morgan fingerprint density at radius 3 is 2.38 bits per heavy atom. The zero-order valence-electron chi connectivity index (χ0n) is 12.9. The highest BCUT2D eigenvalue weighted by atomic mass is 35.5. The second-order valence-electron chi connectivity index (χ2n) is 5.25. The highest BCUT2D eigenvalue weighted by molar-refractivity contribution is 6.31. The number of nitrogens with one attached hydrogen (secondary N) is 1. The van der Waals surface area contributed by atoms with Gasteiger partial charge in [0.2, 0.25) is 0 Å². The fraction of sp³-hybridized carbons (Fsp3) is 0.235. The molecule has 128 valence electrons. The van der Waals surface area contributed by atoms with E-state index in [4.69, 9.17) is 16.3 Å². The molecule has 1 unspecified atom stereocenters. The Balaban J connectivity index is 2.07. The van der Waals surface area contributed by atoms with E-state index in [0.29, 0.717) is 5.75 Å². The molecule has 0 aliphatic carbocycles. The summed E-state index contributed by atoms with van der Waals surface area (Å²) < 4.78 is 43.9. The van der Waals surface area contributed by atoms with Crippen LogP contribution in [0.25, 0.3) is 0 Å². The van der Waals surface area contributed by atoms with Gasteiger partial charge in [0.25, 0.3) is 5.91 Å². The minimum Gasteiger partial charge on any atom is -0.481 e. The van der Waals surface area contributed by atoms with Crippen LogP contribution in [0.5, 0.6) is 5.75 Å². The van der Waals surface area contributed by atoms with E-state index in [0.717, 1.165) is 17.7 Å². The third-order valence-electron chi connectivity index (χ3n) is 3.24. The minimum atomic E-state index is -4.60. The summed E-state index contributed by atoms with van der Waals surface area (Å²) in [5.74, 6) is -0.0682. The fourth-order valence-electron chi connectivity index (χ4n) is 1.94. The van der Waals surface area contributed by atoms with Crippen molar-refractivity contribution in [3.63, 3.8) is 0 Å². The van der Waals surface area contributed by atoms with E-state index in [2.05, 4.69) is 5.32 Å². The number of halogens is 4. The van der Waals surface area contributed by atoms with Crippen molar-refractivity contribution in [1.82, 2.24) is 0 Å². The molecule has 2 aromatic rings. The van der Waals surface area contributed by atoms with Gasteiger partial charge in [0, 0.05) is 5.69 Å². The quantitative estimate of drug-likeness (QED) is 0.829. The summed E-state index contributed by atoms with van der Waals surface area (Å²) in [4.78, 5) is 12.1. The lowest BCUT2D eigenvalue weighted by Crippen LogP contribution is -2.30. The van der Waals surface area contributed by atoms with Crippen LogP contribution in [0.2, 0.25) is 5.02 Å². The van der Waals surface area contributed by atoms with Crippen molar-refractivity contribution >= 4 is 23.2 Å². The molecule has 1 N–H and O–H groups in total. The number of hydrogen-bond donors (Lipinski definition) is 1. The average molecular weight is 358 g/mol. The van der Waals surface area contributed by atoms with Crippen molar-refractivity contribution in [1.29, 1.82) is 0 Å². The van der Waals surface area contributed by atoms with Crippen molar-refractivity contribution < 1.29 is 22.7 Å². The number of carbonyl (C=O) groups is 1. The summed E-state index contributed by atoms with van der Waals surface area (Å²) in [5.41, 5.74) is 0.0328. The molecule has 0 aliphatic heterocycles. The van der Waals surface area contributed by atoms with Crippen LogP contribution in [0.3, 0.4) is 0 Å². The van der Waals surface area contributed by atoms with Gasteiger partial charge in [0.15, 0.2) is 6.10 Å². The monoisotopic (exact) mass is 357 g/mol. The van der Waals surface area contributed by atoms with Gasteiger partial charge in [0.05, 0.1) is 10.6 Å². The number of aryl methyl sites for hydroxylation is 1. The van der Waals surface area contributed by atoms with E-state index in [1.807, 2.05) is 19.1 Å². The van der Waals surface area contributed by atoms with Crippen molar-refractivity contribution in [2.75, 3.05) is 5.32 Å². The lowest BCUT2D eigenvalue weighted by molar-refractivity contribution is -0.137. The van der Waals surface area contributed by atoms with Crippen LogP contribution in [0.1, 0.15) is 18.1 Å². The maximum Gasteiger partial charge on any atom is 0.417 e. The molecule has 0 saturated carbocycles. The van der Waals surface area contributed by atoms with E-state index in [9.17, 15) is 18.0 Å². The third kappa shape index (κ3) is 4.64. The van der Waals surface area contributed by atoms with Gasteiger partial charge in [-0.1, -0.05) is 29.3 Å². The van der Waals surface area contributed by atoms with Gasteiger partial charge in [0.1, 0.15) is 5.75 Å². The zero-order valence-corrected chi connectivity index (χ0v) is 13.7. The molecule has 1 atom stereocenters. The molecule has 7 heteroatoms. The summed E-state index contributed by atoms with van der Waals surface area (Å²) in [7, 11) is 0. The highest BCUT2D eigenvalue weighted by Gasteiger charge is 2.33. The number of carbonyl (C=O) groups excluding carboxylic acids is 1. The first-order chi connectivity index (χ1) is 11.2. The van der Waals surface area contributed by atoms with Gasteiger partial charge >= 0.3 is 6.18 Å². The lowest BCUT2D eigenvalue weighted by Gasteiger charge is -2.16. The topological polar surface area (TPSA) is 38.3 Å². The second kappa shape index (κ2) is 7.13. The van der Waals surface area contributed by atoms with Crippen molar-refractivity contribution in [3.05, 3.63) is 58.6 Å². The number of benzene rings is 2. The molecule has 0 fully saturated rings. The van der Waals surface area contributed by atoms with Crippen LogP contribution in [0.4, 0.5) is 18.9 Å². The fourth-order valence-corrected chi connectivity index (χ4v) is 2.16. The maximum atomic E-state index is 12.8. The molecule has 24 heavy (non-hydrogen) atoms. The number of rotatable bonds is 4. The Bertz CT molecular complexity index is 730.